The molecular weight excluding hydrogens is 362 g/mol. The van der Waals surface area contributed by atoms with Crippen LogP contribution in [-0.4, -0.2) is 18.0 Å². The number of ether oxygens (including phenoxy) is 1. The summed E-state index contributed by atoms with van der Waals surface area (Å²) in [5, 5.41) is 12.6. The first-order valence-corrected chi connectivity index (χ1v) is 9.03. The van der Waals surface area contributed by atoms with Crippen LogP contribution in [0.15, 0.2) is 78.9 Å². The molecule has 0 aliphatic carbocycles. The van der Waals surface area contributed by atoms with Gasteiger partial charge in [0.25, 0.3) is 5.91 Å². The highest BCUT2D eigenvalue weighted by atomic mass is 16.5. The number of hydrogen-bond donors (Lipinski definition) is 1. The van der Waals surface area contributed by atoms with Crippen molar-refractivity contribution in [1.82, 2.24) is 4.98 Å². The molecule has 140 valence electrons. The summed E-state index contributed by atoms with van der Waals surface area (Å²) in [5.41, 5.74) is 4.04. The molecule has 0 unspecified atom stereocenters. The Bertz CT molecular complexity index is 1220. The van der Waals surface area contributed by atoms with Gasteiger partial charge in [-0.25, -0.2) is 4.98 Å². The summed E-state index contributed by atoms with van der Waals surface area (Å²) in [6.45, 7) is 0. The number of nitrogens with zero attached hydrogens (tertiary/aromatic N) is 2. The first kappa shape index (κ1) is 18.2. The van der Waals surface area contributed by atoms with E-state index >= 15 is 0 Å². The summed E-state index contributed by atoms with van der Waals surface area (Å²) >= 11 is 0. The summed E-state index contributed by atoms with van der Waals surface area (Å²) < 4.78 is 5.22. The summed E-state index contributed by atoms with van der Waals surface area (Å²) in [4.78, 5) is 17.8. The second-order valence-electron chi connectivity index (χ2n) is 6.44. The van der Waals surface area contributed by atoms with Crippen molar-refractivity contribution in [2.45, 2.75) is 0 Å². The fraction of sp³-hybridized carbons (Fsp3) is 0.0417. The van der Waals surface area contributed by atoms with Gasteiger partial charge >= 0.3 is 0 Å². The van der Waals surface area contributed by atoms with Gasteiger partial charge in [-0.05, 0) is 60.7 Å². The van der Waals surface area contributed by atoms with E-state index in [9.17, 15) is 4.79 Å². The average Bonchev–Trinajstić information content (AvgIpc) is 2.79. The van der Waals surface area contributed by atoms with E-state index in [1.807, 2.05) is 48.5 Å². The minimum absolute atomic E-state index is 0.233. The summed E-state index contributed by atoms with van der Waals surface area (Å²) in [7, 11) is 1.62. The van der Waals surface area contributed by atoms with E-state index in [0.29, 0.717) is 22.5 Å². The lowest BCUT2D eigenvalue weighted by Gasteiger charge is -2.11. The predicted molar refractivity (Wildman–Crippen MR) is 113 cm³/mol. The largest absolute Gasteiger partial charge is 0.497 e. The normalized spacial score (nSPS) is 10.3. The molecule has 29 heavy (non-hydrogen) atoms. The van der Waals surface area contributed by atoms with Crippen LogP contribution in [0.1, 0.15) is 15.9 Å². The maximum Gasteiger partial charge on any atom is 0.256 e. The molecule has 1 N–H and O–H groups in total. The molecule has 0 atom stereocenters. The summed E-state index contributed by atoms with van der Waals surface area (Å²) in [6.07, 6.45) is 0. The van der Waals surface area contributed by atoms with Gasteiger partial charge in [-0.15, -0.1) is 0 Å². The van der Waals surface area contributed by atoms with E-state index in [1.165, 1.54) is 0 Å². The van der Waals surface area contributed by atoms with Gasteiger partial charge in [-0.3, -0.25) is 4.79 Å². The highest BCUT2D eigenvalue weighted by molar-refractivity contribution is 6.13. The van der Waals surface area contributed by atoms with E-state index in [-0.39, 0.29) is 5.91 Å². The van der Waals surface area contributed by atoms with E-state index < -0.39 is 0 Å². The summed E-state index contributed by atoms with van der Waals surface area (Å²) in [5.74, 6) is 0.524. The topological polar surface area (TPSA) is 75.0 Å². The van der Waals surface area contributed by atoms with Gasteiger partial charge in [0.05, 0.1) is 35.5 Å². The molecule has 0 spiro atoms. The van der Waals surface area contributed by atoms with Crippen LogP contribution < -0.4 is 10.1 Å². The second kappa shape index (κ2) is 7.83. The number of hydrogen-bond acceptors (Lipinski definition) is 4. The highest BCUT2D eigenvalue weighted by Crippen LogP contribution is 2.27. The zero-order chi connectivity index (χ0) is 20.2. The molecule has 4 rings (SSSR count). The first-order valence-electron chi connectivity index (χ1n) is 9.03. The molecule has 0 bridgehead atoms. The van der Waals surface area contributed by atoms with Crippen LogP contribution in [0.2, 0.25) is 0 Å². The Morgan fingerprint density at radius 1 is 1.00 bits per heavy atom. The fourth-order valence-electron chi connectivity index (χ4n) is 3.10. The van der Waals surface area contributed by atoms with Gasteiger partial charge in [-0.1, -0.05) is 18.2 Å². The van der Waals surface area contributed by atoms with Crippen LogP contribution >= 0.6 is 0 Å². The van der Waals surface area contributed by atoms with Crippen molar-refractivity contribution in [3.63, 3.8) is 0 Å². The van der Waals surface area contributed by atoms with Crippen molar-refractivity contribution < 1.29 is 9.53 Å². The number of nitriles is 1. The van der Waals surface area contributed by atoms with Crippen molar-refractivity contribution in [3.8, 4) is 23.1 Å². The van der Waals surface area contributed by atoms with Crippen LogP contribution in [0.5, 0.6) is 5.75 Å². The van der Waals surface area contributed by atoms with Gasteiger partial charge in [0.15, 0.2) is 0 Å². The number of benzene rings is 3. The molecule has 0 saturated heterocycles. The number of para-hydroxylation sites is 1. The number of aromatic nitrogens is 1. The number of methoxy groups -OCH3 is 1. The number of rotatable bonds is 4. The van der Waals surface area contributed by atoms with E-state index in [4.69, 9.17) is 15.0 Å². The Kier molecular flexibility index (Phi) is 4.91. The molecule has 0 fully saturated rings. The zero-order valence-electron chi connectivity index (χ0n) is 15.7. The first-order chi connectivity index (χ1) is 14.2. The molecule has 5 nitrogen and oxygen atoms in total. The van der Waals surface area contributed by atoms with Crippen LogP contribution in [0.4, 0.5) is 5.69 Å². The average molecular weight is 379 g/mol. The number of pyridine rings is 1. The fourth-order valence-corrected chi connectivity index (χ4v) is 3.10. The molecule has 5 heteroatoms. The van der Waals surface area contributed by atoms with Crippen LogP contribution in [0.25, 0.3) is 22.2 Å². The number of fused-ring (bicyclic) bond motifs is 1. The number of amides is 1. The smallest absolute Gasteiger partial charge is 0.256 e. The third kappa shape index (κ3) is 3.78. The van der Waals surface area contributed by atoms with Crippen LogP contribution in [0.3, 0.4) is 0 Å². The SMILES string of the molecule is COc1ccc(-c2cc(C(=O)Nc3ccc(C#N)cc3)c3ccccc3n2)cc1. The second-order valence-corrected chi connectivity index (χ2v) is 6.44. The van der Waals surface area contributed by atoms with Gasteiger partial charge in [0.1, 0.15) is 5.75 Å². The molecule has 3 aromatic carbocycles. The molecular formula is C24H17N3O2. The standard InChI is InChI=1S/C24H17N3O2/c1-29-19-12-8-17(9-13-19)23-14-21(20-4-2-3-5-22(20)27-23)24(28)26-18-10-6-16(15-25)7-11-18/h2-14H,1H3,(H,26,28). The minimum Gasteiger partial charge on any atom is -0.497 e. The molecule has 4 aromatic rings. The lowest BCUT2D eigenvalue weighted by Crippen LogP contribution is -2.13. The van der Waals surface area contributed by atoms with Crippen molar-refractivity contribution in [2.24, 2.45) is 0 Å². The van der Waals surface area contributed by atoms with Crippen molar-refractivity contribution >= 4 is 22.5 Å². The van der Waals surface area contributed by atoms with Gasteiger partial charge < -0.3 is 10.1 Å². The Morgan fingerprint density at radius 2 is 1.72 bits per heavy atom. The zero-order valence-corrected chi connectivity index (χ0v) is 15.7. The van der Waals surface area contributed by atoms with Gasteiger partial charge in [0, 0.05) is 16.6 Å². The number of carbonyl (C=O) groups is 1. The predicted octanol–water partition coefficient (Wildman–Crippen LogP) is 5.03. The lowest BCUT2D eigenvalue weighted by atomic mass is 10.0. The van der Waals surface area contributed by atoms with Crippen molar-refractivity contribution in [2.75, 3.05) is 12.4 Å². The molecule has 1 amide bonds. The Hall–Kier alpha value is -4.17. The maximum atomic E-state index is 13.0. The van der Waals surface area contributed by atoms with Crippen LogP contribution in [0, 0.1) is 11.3 Å². The van der Waals surface area contributed by atoms with Crippen molar-refractivity contribution in [1.29, 1.82) is 5.26 Å². The number of anilines is 1. The highest BCUT2D eigenvalue weighted by Gasteiger charge is 2.14. The third-order valence-corrected chi connectivity index (χ3v) is 4.62. The van der Waals surface area contributed by atoms with Gasteiger partial charge in [0.2, 0.25) is 0 Å². The number of carbonyl (C=O) groups excluding carboxylic acids is 1. The third-order valence-electron chi connectivity index (χ3n) is 4.62. The Labute approximate surface area is 168 Å². The molecule has 0 radical (unpaired) electrons. The summed E-state index contributed by atoms with van der Waals surface area (Å²) in [6, 6.07) is 25.7. The van der Waals surface area contributed by atoms with E-state index in [2.05, 4.69) is 11.4 Å². The monoisotopic (exact) mass is 379 g/mol. The van der Waals surface area contributed by atoms with E-state index in [0.717, 1.165) is 22.2 Å². The molecule has 0 aliphatic rings. The molecule has 0 saturated carbocycles. The molecule has 1 heterocycles. The molecule has 0 aliphatic heterocycles. The van der Waals surface area contributed by atoms with Crippen molar-refractivity contribution in [3.05, 3.63) is 90.0 Å². The van der Waals surface area contributed by atoms with Gasteiger partial charge in [-0.2, -0.15) is 5.26 Å². The maximum absolute atomic E-state index is 13.0. The lowest BCUT2D eigenvalue weighted by molar-refractivity contribution is 0.102. The Morgan fingerprint density at radius 3 is 2.41 bits per heavy atom. The van der Waals surface area contributed by atoms with Crippen LogP contribution in [-0.2, 0) is 0 Å². The quantitative estimate of drug-likeness (QED) is 0.539. The molecule has 1 aromatic heterocycles. The number of nitrogens with one attached hydrogen (secondary N) is 1. The Balaban J connectivity index is 1.75. The van der Waals surface area contributed by atoms with E-state index in [1.54, 1.807) is 37.4 Å². The minimum atomic E-state index is -0.233.